The van der Waals surface area contributed by atoms with E-state index in [1.165, 1.54) is 32.9 Å². The lowest BCUT2D eigenvalue weighted by atomic mass is 9.44. The number of esters is 3. The number of nitrogens with one attached hydrogen (secondary N) is 1. The molecule has 3 fully saturated rings. The first kappa shape index (κ1) is 43.4. The number of fused-ring (bicyclic) bond motifs is 5. The molecule has 1 amide bonds. The van der Waals surface area contributed by atoms with Crippen LogP contribution in [-0.2, 0) is 38.1 Å². The molecule has 0 aromatic heterocycles. The van der Waals surface area contributed by atoms with Crippen LogP contribution >= 0.6 is 0 Å². The van der Waals surface area contributed by atoms with Gasteiger partial charge in [0.25, 0.3) is 0 Å². The summed E-state index contributed by atoms with van der Waals surface area (Å²) < 4.78 is 24.1. The van der Waals surface area contributed by atoms with Gasteiger partial charge in [-0.25, -0.2) is 9.59 Å². The van der Waals surface area contributed by atoms with E-state index in [1.807, 2.05) is 13.8 Å². The molecule has 4 aliphatic rings. The molecule has 3 aliphatic carbocycles. The Balaban J connectivity index is 1.68. The average molecular weight is 786 g/mol. The van der Waals surface area contributed by atoms with Crippen molar-refractivity contribution in [2.75, 3.05) is 6.61 Å². The lowest BCUT2D eigenvalue weighted by Crippen LogP contribution is -2.81. The van der Waals surface area contributed by atoms with Crippen molar-refractivity contribution in [1.29, 1.82) is 0 Å². The first-order chi connectivity index (χ1) is 25.9. The number of carbonyl (C=O) groups is 5. The molecular formula is C42H59NO13. The number of aliphatic hydroxyl groups excluding tert-OH is 3. The Kier molecular flexibility index (Phi) is 11.8. The Bertz CT molecular complexity index is 1750. The van der Waals surface area contributed by atoms with E-state index in [0.29, 0.717) is 12.8 Å². The summed E-state index contributed by atoms with van der Waals surface area (Å²) in [5, 5.41) is 51.8. The van der Waals surface area contributed by atoms with Crippen molar-refractivity contribution in [2.24, 2.45) is 28.1 Å². The summed E-state index contributed by atoms with van der Waals surface area (Å²) >= 11 is 0. The number of aliphatic hydroxyl groups is 4. The fourth-order valence-electron chi connectivity index (χ4n) is 9.82. The SMILES string of the molecule is CCC(CC)C(=O)N[C@H]([C@@H](O)C(=O)O[C@H]1C[C@@]2(O)[C@@H](OC(=O)c3ccccc3)[C@H]3[C@](C)(C(=O)[C@H](O)C(=C1C)C2(C)C)[C@@H](O)CC1OC[C@]13OC(C)=O)C(C)(C)C. The molecule has 5 rings (SSSR count). The summed E-state index contributed by atoms with van der Waals surface area (Å²) in [5.74, 6) is -5.86. The minimum absolute atomic E-state index is 0.0286. The Hall–Kier alpha value is -3.69. The third-order valence-corrected chi connectivity index (χ3v) is 13.3. The highest BCUT2D eigenvalue weighted by molar-refractivity contribution is 5.94. The normalized spacial score (nSPS) is 34.7. The molecule has 1 aliphatic heterocycles. The van der Waals surface area contributed by atoms with Crippen LogP contribution in [0.4, 0.5) is 0 Å². The lowest BCUT2D eigenvalue weighted by molar-refractivity contribution is -0.346. The zero-order chi connectivity index (χ0) is 41.9. The van der Waals surface area contributed by atoms with Gasteiger partial charge in [-0.1, -0.05) is 66.7 Å². The van der Waals surface area contributed by atoms with E-state index in [1.54, 1.807) is 52.8 Å². The van der Waals surface area contributed by atoms with Crippen LogP contribution in [0.3, 0.4) is 0 Å². The molecule has 0 spiro atoms. The predicted octanol–water partition coefficient (Wildman–Crippen LogP) is 2.96. The molecule has 1 aromatic carbocycles. The Morgan fingerprint density at radius 1 is 1.02 bits per heavy atom. The van der Waals surface area contributed by atoms with Crippen LogP contribution < -0.4 is 5.32 Å². The molecule has 2 bridgehead atoms. The highest BCUT2D eigenvalue weighted by Gasteiger charge is 2.78. The van der Waals surface area contributed by atoms with Crippen LogP contribution in [0.15, 0.2) is 41.5 Å². The minimum Gasteiger partial charge on any atom is -0.456 e. The van der Waals surface area contributed by atoms with Crippen LogP contribution in [0, 0.1) is 28.1 Å². The topological polar surface area (TPSA) is 215 Å². The first-order valence-corrected chi connectivity index (χ1v) is 19.5. The van der Waals surface area contributed by atoms with Gasteiger partial charge in [0.05, 0.1) is 35.6 Å². The van der Waals surface area contributed by atoms with Crippen molar-refractivity contribution in [2.45, 2.75) is 149 Å². The highest BCUT2D eigenvalue weighted by atomic mass is 16.6. The van der Waals surface area contributed by atoms with E-state index in [0.717, 1.165) is 0 Å². The van der Waals surface area contributed by atoms with E-state index >= 15 is 0 Å². The van der Waals surface area contributed by atoms with Gasteiger partial charge in [0.15, 0.2) is 17.5 Å². The predicted molar refractivity (Wildman–Crippen MR) is 201 cm³/mol. The van der Waals surface area contributed by atoms with Gasteiger partial charge >= 0.3 is 17.9 Å². The number of benzene rings is 1. The second-order valence-electron chi connectivity index (χ2n) is 17.9. The van der Waals surface area contributed by atoms with Gasteiger partial charge in [-0.2, -0.15) is 0 Å². The number of ether oxygens (including phenoxy) is 4. The number of carbonyl (C=O) groups excluding carboxylic acids is 5. The molecule has 11 atom stereocenters. The van der Waals surface area contributed by atoms with Gasteiger partial charge in [0, 0.05) is 31.1 Å². The quantitative estimate of drug-likeness (QED) is 0.131. The fourth-order valence-corrected chi connectivity index (χ4v) is 9.82. The van der Waals surface area contributed by atoms with Gasteiger partial charge in [0.2, 0.25) is 5.91 Å². The first-order valence-electron chi connectivity index (χ1n) is 19.5. The van der Waals surface area contributed by atoms with Crippen LogP contribution in [0.2, 0.25) is 0 Å². The van der Waals surface area contributed by atoms with E-state index in [4.69, 9.17) is 18.9 Å². The van der Waals surface area contributed by atoms with Crippen molar-refractivity contribution in [3.8, 4) is 0 Å². The van der Waals surface area contributed by atoms with Gasteiger partial charge in [-0.05, 0) is 55.4 Å². The minimum atomic E-state index is -2.31. The molecule has 14 heteroatoms. The average Bonchev–Trinajstić information content (AvgIpc) is 3.12. The molecule has 5 N–H and O–H groups in total. The molecule has 1 unspecified atom stereocenters. The number of Topliss-reactive ketones (excluding diaryl/α,β-unsaturated/α-hetero) is 1. The Morgan fingerprint density at radius 3 is 2.14 bits per heavy atom. The van der Waals surface area contributed by atoms with Crippen molar-refractivity contribution in [3.05, 3.63) is 47.0 Å². The van der Waals surface area contributed by atoms with Crippen molar-refractivity contribution in [3.63, 3.8) is 0 Å². The standard InChI is InChI=1S/C42H59NO13/c1-11-23(12-2)35(49)43-32(38(5,6)7)30(47)37(51)54-25-19-42(52)34(55-36(50)24-16-14-13-15-17-24)31-40(10,33(48)29(46)28(21(25)3)39(42,8)9)26(45)18-27-41(31,20-53-27)56-22(4)44/h13-17,23,25-27,29-32,34,45-47,52H,11-12,18-20H2,1-10H3,(H,43,49)/t25-,26-,27?,29+,30+,31-,32+,34-,40+,41-,42+/m0/s1. The molecule has 56 heavy (non-hydrogen) atoms. The van der Waals surface area contributed by atoms with Crippen LogP contribution in [-0.4, -0.2) is 110 Å². The molecule has 0 radical (unpaired) electrons. The zero-order valence-electron chi connectivity index (χ0n) is 34.1. The summed E-state index contributed by atoms with van der Waals surface area (Å²) in [6.07, 6.45) is -9.07. The molecule has 310 valence electrons. The maximum atomic E-state index is 14.9. The summed E-state index contributed by atoms with van der Waals surface area (Å²) in [7, 11) is 0. The van der Waals surface area contributed by atoms with Crippen LogP contribution in [0.25, 0.3) is 0 Å². The van der Waals surface area contributed by atoms with E-state index in [9.17, 15) is 44.4 Å². The van der Waals surface area contributed by atoms with Crippen molar-refractivity contribution >= 4 is 29.6 Å². The monoisotopic (exact) mass is 785 g/mol. The number of hydrogen-bond donors (Lipinski definition) is 5. The second-order valence-corrected chi connectivity index (χ2v) is 17.9. The fraction of sp³-hybridized carbons (Fsp3) is 0.690. The molecule has 14 nitrogen and oxygen atoms in total. The maximum Gasteiger partial charge on any atom is 0.338 e. The van der Waals surface area contributed by atoms with Crippen molar-refractivity contribution < 1.29 is 63.3 Å². The number of amides is 1. The van der Waals surface area contributed by atoms with E-state index in [-0.39, 0.29) is 41.6 Å². The second kappa shape index (κ2) is 15.2. The van der Waals surface area contributed by atoms with Crippen molar-refractivity contribution in [1.82, 2.24) is 5.32 Å². The third kappa shape index (κ3) is 6.88. The largest absolute Gasteiger partial charge is 0.456 e. The van der Waals surface area contributed by atoms with Crippen LogP contribution in [0.5, 0.6) is 0 Å². The van der Waals surface area contributed by atoms with Gasteiger partial charge in [-0.15, -0.1) is 0 Å². The summed E-state index contributed by atoms with van der Waals surface area (Å²) in [6.45, 7) is 15.9. The molecule has 2 saturated carbocycles. The van der Waals surface area contributed by atoms with Gasteiger partial charge in [-0.3, -0.25) is 14.4 Å². The summed E-state index contributed by atoms with van der Waals surface area (Å²) in [4.78, 5) is 69.0. The lowest BCUT2D eigenvalue weighted by Gasteiger charge is -2.67. The summed E-state index contributed by atoms with van der Waals surface area (Å²) in [5.41, 5.74) is -8.16. The van der Waals surface area contributed by atoms with Gasteiger partial charge in [0.1, 0.15) is 30.0 Å². The Morgan fingerprint density at radius 2 is 1.62 bits per heavy atom. The molecule has 1 heterocycles. The van der Waals surface area contributed by atoms with Gasteiger partial charge < -0.3 is 44.7 Å². The molecule has 1 aromatic rings. The third-order valence-electron chi connectivity index (χ3n) is 13.3. The van der Waals surface area contributed by atoms with E-state index in [2.05, 4.69) is 5.32 Å². The highest BCUT2D eigenvalue weighted by Crippen LogP contribution is 2.64. The Labute approximate surface area is 328 Å². The van der Waals surface area contributed by atoms with E-state index < -0.39 is 106 Å². The zero-order valence-corrected chi connectivity index (χ0v) is 34.1. The maximum absolute atomic E-state index is 14.9. The number of hydrogen-bond acceptors (Lipinski definition) is 13. The molecular weight excluding hydrogens is 726 g/mol. The summed E-state index contributed by atoms with van der Waals surface area (Å²) in [6, 6.07) is 6.82. The molecule has 1 saturated heterocycles. The number of ketones is 1. The smallest absolute Gasteiger partial charge is 0.338 e. The number of rotatable bonds is 10. The van der Waals surface area contributed by atoms with Crippen LogP contribution in [0.1, 0.15) is 105 Å².